The van der Waals surface area contributed by atoms with Crippen LogP contribution >= 0.6 is 0 Å². The highest BCUT2D eigenvalue weighted by Gasteiger charge is 2.72. The number of ether oxygens (including phenoxy) is 1. The van der Waals surface area contributed by atoms with Crippen LogP contribution in [0, 0.1) is 17.8 Å². The van der Waals surface area contributed by atoms with E-state index in [1.807, 2.05) is 0 Å². The number of allylic oxidation sites excluding steroid dienone is 4. The van der Waals surface area contributed by atoms with Crippen LogP contribution in [0.3, 0.4) is 0 Å². The molecule has 5 atom stereocenters. The van der Waals surface area contributed by atoms with Crippen molar-refractivity contribution in [3.63, 3.8) is 0 Å². The lowest BCUT2D eigenvalue weighted by Gasteiger charge is -2.43. The second-order valence-electron chi connectivity index (χ2n) is 7.59. The zero-order valence-corrected chi connectivity index (χ0v) is 17.0. The number of carboxylic acid groups (broad SMARTS) is 1. The molecule has 0 radical (unpaired) electrons. The molecule has 1 aliphatic heterocycles. The summed E-state index contributed by atoms with van der Waals surface area (Å²) in [5, 5.41) is 11.0. The van der Waals surface area contributed by atoms with Gasteiger partial charge in [-0.25, -0.2) is 9.59 Å². The van der Waals surface area contributed by atoms with Gasteiger partial charge in [0.05, 0.1) is 17.8 Å². The molecule has 1 saturated carbocycles. The first kappa shape index (κ1) is 22.9. The van der Waals surface area contributed by atoms with Crippen molar-refractivity contribution in [1.29, 1.82) is 0 Å². The molecule has 2 rings (SSSR count). The molecule has 0 aromatic carbocycles. The van der Waals surface area contributed by atoms with Gasteiger partial charge in [-0.3, -0.25) is 19.2 Å². The van der Waals surface area contributed by atoms with Crippen LogP contribution in [0.15, 0.2) is 36.5 Å². The number of carbonyl (C=O) groups excluding carboxylic acids is 5. The Morgan fingerprint density at radius 1 is 1.07 bits per heavy atom. The highest BCUT2D eigenvalue weighted by atomic mass is 16.6. The summed E-state index contributed by atoms with van der Waals surface area (Å²) in [4.78, 5) is 74.3. The van der Waals surface area contributed by atoms with E-state index in [4.69, 9.17) is 9.84 Å². The predicted molar refractivity (Wildman–Crippen MR) is 103 cm³/mol. The Labute approximate surface area is 172 Å². The number of aliphatic carboxylic acids is 1. The van der Waals surface area contributed by atoms with Gasteiger partial charge in [0, 0.05) is 12.2 Å². The molecular formula is C21H23NO8. The molecule has 30 heavy (non-hydrogen) atoms. The lowest BCUT2D eigenvalue weighted by molar-refractivity contribution is -0.168. The molecule has 1 amide bonds. The summed E-state index contributed by atoms with van der Waals surface area (Å²) in [5.74, 6) is -9.17. The topological polar surface area (TPSA) is 144 Å². The third-order valence-electron chi connectivity index (χ3n) is 5.52. The van der Waals surface area contributed by atoms with E-state index in [9.17, 15) is 28.8 Å². The van der Waals surface area contributed by atoms with Crippen LogP contribution in [0.5, 0.6) is 0 Å². The highest BCUT2D eigenvalue weighted by Crippen LogP contribution is 2.50. The Kier molecular flexibility index (Phi) is 6.25. The van der Waals surface area contributed by atoms with E-state index in [-0.39, 0.29) is 0 Å². The van der Waals surface area contributed by atoms with E-state index in [0.29, 0.717) is 12.2 Å². The van der Waals surface area contributed by atoms with Gasteiger partial charge in [-0.1, -0.05) is 18.2 Å². The molecule has 0 aromatic rings. The number of Topliss-reactive ketones (excluding diaryl/α,β-unsaturated/α-hetero) is 2. The van der Waals surface area contributed by atoms with Crippen LogP contribution in [0.4, 0.5) is 0 Å². The van der Waals surface area contributed by atoms with Crippen molar-refractivity contribution in [2.75, 3.05) is 0 Å². The number of esters is 1. The minimum Gasteiger partial charge on any atom is -0.478 e. The lowest BCUT2D eigenvalue weighted by atomic mass is 9.58. The number of hydrogen-bond donors (Lipinski definition) is 2. The van der Waals surface area contributed by atoms with Crippen LogP contribution in [0.2, 0.25) is 0 Å². The molecule has 3 unspecified atom stereocenters. The molecule has 0 aromatic heterocycles. The van der Waals surface area contributed by atoms with Crippen LogP contribution < -0.4 is 5.32 Å². The summed E-state index contributed by atoms with van der Waals surface area (Å²) < 4.78 is 5.35. The molecule has 9 nitrogen and oxygen atoms in total. The van der Waals surface area contributed by atoms with Crippen LogP contribution in [0.25, 0.3) is 0 Å². The molecule has 2 N–H and O–H groups in total. The summed E-state index contributed by atoms with van der Waals surface area (Å²) >= 11 is 0. The van der Waals surface area contributed by atoms with Crippen molar-refractivity contribution in [1.82, 2.24) is 5.32 Å². The number of ketones is 3. The van der Waals surface area contributed by atoms with Gasteiger partial charge in [0.25, 0.3) is 0 Å². The van der Waals surface area contributed by atoms with E-state index in [2.05, 4.69) is 5.32 Å². The van der Waals surface area contributed by atoms with Gasteiger partial charge in [0.1, 0.15) is 5.54 Å². The third-order valence-corrected chi connectivity index (χ3v) is 5.52. The minimum absolute atomic E-state index is 0.569. The largest absolute Gasteiger partial charge is 0.478 e. The fraction of sp³-hybridized carbons (Fsp3) is 0.429. The average molecular weight is 417 g/mol. The molecular weight excluding hydrogens is 394 g/mol. The summed E-state index contributed by atoms with van der Waals surface area (Å²) in [7, 11) is 0. The molecule has 0 bridgehead atoms. The number of amides is 1. The third kappa shape index (κ3) is 3.74. The number of hydrogen-bond acceptors (Lipinski definition) is 7. The summed E-state index contributed by atoms with van der Waals surface area (Å²) in [6.45, 7) is 5.66. The SMILES string of the molecule is C/C=C/C=C/C(=O)C1C(=O)C(C)C(=O)[C@@]2(C)OC(=O)[C@@](C)(NC(=O)/C=C/C(=O)O)C12. The first-order chi connectivity index (χ1) is 13.9. The fourth-order valence-electron chi connectivity index (χ4n) is 4.13. The maximum atomic E-state index is 12.9. The minimum atomic E-state index is -1.91. The molecule has 1 aliphatic carbocycles. The molecule has 2 fully saturated rings. The second-order valence-corrected chi connectivity index (χ2v) is 7.59. The van der Waals surface area contributed by atoms with E-state index < -0.39 is 64.1 Å². The Bertz CT molecular complexity index is 914. The van der Waals surface area contributed by atoms with Gasteiger partial charge in [-0.15, -0.1) is 0 Å². The zero-order valence-electron chi connectivity index (χ0n) is 17.0. The van der Waals surface area contributed by atoms with E-state index in [0.717, 1.165) is 0 Å². The van der Waals surface area contributed by atoms with Crippen molar-refractivity contribution in [2.45, 2.75) is 38.8 Å². The molecule has 0 spiro atoms. The number of carbonyl (C=O) groups is 6. The normalized spacial score (nSPS) is 33.9. The first-order valence-corrected chi connectivity index (χ1v) is 9.28. The Balaban J connectivity index is 2.57. The smallest absolute Gasteiger partial charge is 0.333 e. The zero-order chi connectivity index (χ0) is 22.9. The van der Waals surface area contributed by atoms with Crippen LogP contribution in [-0.4, -0.2) is 51.4 Å². The van der Waals surface area contributed by atoms with Gasteiger partial charge < -0.3 is 15.2 Å². The maximum absolute atomic E-state index is 12.9. The van der Waals surface area contributed by atoms with E-state index >= 15 is 0 Å². The van der Waals surface area contributed by atoms with Crippen LogP contribution in [0.1, 0.15) is 27.7 Å². The van der Waals surface area contributed by atoms with E-state index in [1.165, 1.54) is 32.9 Å². The van der Waals surface area contributed by atoms with Gasteiger partial charge in [0.2, 0.25) is 5.91 Å². The molecule has 1 saturated heterocycles. The summed E-state index contributed by atoms with van der Waals surface area (Å²) in [6, 6.07) is 0. The quantitative estimate of drug-likeness (QED) is 0.276. The Morgan fingerprint density at radius 2 is 1.70 bits per heavy atom. The Morgan fingerprint density at radius 3 is 2.27 bits per heavy atom. The van der Waals surface area contributed by atoms with Crippen molar-refractivity contribution >= 4 is 35.2 Å². The summed E-state index contributed by atoms with van der Waals surface area (Å²) in [5.41, 5.74) is -3.72. The number of fused-ring (bicyclic) bond motifs is 1. The summed E-state index contributed by atoms with van der Waals surface area (Å²) in [6.07, 6.45) is 7.10. The number of nitrogens with one attached hydrogen (secondary N) is 1. The number of carboxylic acids is 1. The van der Waals surface area contributed by atoms with Gasteiger partial charge >= 0.3 is 11.9 Å². The van der Waals surface area contributed by atoms with Crippen molar-refractivity contribution in [2.24, 2.45) is 17.8 Å². The molecule has 1 heterocycles. The Hall–Kier alpha value is -3.36. The van der Waals surface area contributed by atoms with Crippen LogP contribution in [-0.2, 0) is 33.5 Å². The molecule has 160 valence electrons. The average Bonchev–Trinajstić information content (AvgIpc) is 2.86. The first-order valence-electron chi connectivity index (χ1n) is 9.28. The monoisotopic (exact) mass is 417 g/mol. The number of rotatable bonds is 6. The van der Waals surface area contributed by atoms with Crippen molar-refractivity contribution in [3.05, 3.63) is 36.5 Å². The second kappa shape index (κ2) is 8.17. The predicted octanol–water partition coefficient (Wildman–Crippen LogP) is 0.539. The lowest BCUT2D eigenvalue weighted by Crippen LogP contribution is -2.65. The van der Waals surface area contributed by atoms with Crippen molar-refractivity contribution in [3.8, 4) is 0 Å². The van der Waals surface area contributed by atoms with Gasteiger partial charge in [-0.2, -0.15) is 0 Å². The van der Waals surface area contributed by atoms with Gasteiger partial charge in [0.15, 0.2) is 23.0 Å². The molecule has 2 aliphatic rings. The fourth-order valence-corrected chi connectivity index (χ4v) is 4.13. The van der Waals surface area contributed by atoms with Gasteiger partial charge in [-0.05, 0) is 33.8 Å². The van der Waals surface area contributed by atoms with Crippen molar-refractivity contribution < 1.29 is 38.6 Å². The van der Waals surface area contributed by atoms with E-state index in [1.54, 1.807) is 19.1 Å². The maximum Gasteiger partial charge on any atom is 0.333 e. The molecule has 9 heteroatoms. The highest BCUT2D eigenvalue weighted by molar-refractivity contribution is 6.20. The standard InChI is InChI=1S/C21H23NO8/c1-5-6-7-8-12(23)15-16(27)11(2)18(28)21(4)17(15)20(3,19(29)30-21)22-13(24)9-10-14(25)26/h5-11,15,17H,1-4H3,(H,22,24)(H,25,26)/b6-5+,8-7+,10-9+/t11?,15?,17?,20-,21-/m0/s1.